The minimum atomic E-state index is -0.134. The van der Waals surface area contributed by atoms with Crippen molar-refractivity contribution in [3.8, 4) is 16.9 Å². The molecule has 1 saturated carbocycles. The molecule has 2 atom stereocenters. The van der Waals surface area contributed by atoms with Gasteiger partial charge in [-0.05, 0) is 77.8 Å². The van der Waals surface area contributed by atoms with E-state index in [9.17, 15) is 5.11 Å². The average Bonchev–Trinajstić information content (AvgIpc) is 2.66. The van der Waals surface area contributed by atoms with Crippen molar-refractivity contribution >= 4 is 34.8 Å². The van der Waals surface area contributed by atoms with Gasteiger partial charge in [-0.1, -0.05) is 63.2 Å². The van der Waals surface area contributed by atoms with Crippen LogP contribution in [0.5, 0.6) is 5.75 Å². The van der Waals surface area contributed by atoms with Gasteiger partial charge in [0.2, 0.25) is 0 Å². The average molecular weight is 443 g/mol. The molecule has 2 unspecified atom stereocenters. The van der Waals surface area contributed by atoms with Gasteiger partial charge >= 0.3 is 0 Å². The van der Waals surface area contributed by atoms with Crippen LogP contribution < -0.4 is 15.4 Å². The predicted octanol–water partition coefficient (Wildman–Crippen LogP) is 5.62. The van der Waals surface area contributed by atoms with Crippen molar-refractivity contribution in [2.45, 2.75) is 46.1 Å². The summed E-state index contributed by atoms with van der Waals surface area (Å²) in [6.45, 7) is 7.45. The highest BCUT2D eigenvalue weighted by Crippen LogP contribution is 2.45. The van der Waals surface area contributed by atoms with Gasteiger partial charge in [0, 0.05) is 12.6 Å². The van der Waals surface area contributed by atoms with Crippen LogP contribution in [0.1, 0.15) is 40.0 Å². The molecule has 6 heteroatoms. The maximum absolute atomic E-state index is 9.48. The summed E-state index contributed by atoms with van der Waals surface area (Å²) in [5, 5.41) is 16.0. The fraction of sp³-hybridized carbons (Fsp3) is 0.417. The highest BCUT2D eigenvalue weighted by atomic mass is 32.1. The van der Waals surface area contributed by atoms with Crippen LogP contribution in [-0.4, -0.2) is 28.0 Å². The fourth-order valence-corrected chi connectivity index (χ4v) is 5.15. The summed E-state index contributed by atoms with van der Waals surface area (Å²) in [6.07, 6.45) is 2.92. The van der Waals surface area contributed by atoms with Crippen molar-refractivity contribution in [3.05, 3.63) is 54.6 Å². The molecule has 0 bridgehead atoms. The van der Waals surface area contributed by atoms with E-state index in [1.807, 2.05) is 42.5 Å². The molecule has 0 radical (unpaired) electrons. The Bertz CT molecular complexity index is 884. The summed E-state index contributed by atoms with van der Waals surface area (Å²) in [5.41, 5.74) is 2.46. The maximum Gasteiger partial charge on any atom is 0.262 e. The molecule has 0 saturated heterocycles. The Morgan fingerprint density at radius 3 is 2.27 bits per heavy atom. The Hall–Kier alpha value is -2.18. The van der Waals surface area contributed by atoms with Gasteiger partial charge < -0.3 is 20.5 Å². The molecule has 4 nitrogen and oxygen atoms in total. The number of rotatable bonds is 5. The maximum atomic E-state index is 9.48. The number of benzene rings is 2. The molecule has 160 valence electrons. The Labute approximate surface area is 190 Å². The zero-order chi connectivity index (χ0) is 21.8. The van der Waals surface area contributed by atoms with Crippen LogP contribution in [-0.2, 0) is 0 Å². The first kappa shape index (κ1) is 22.5. The molecule has 1 aliphatic carbocycles. The van der Waals surface area contributed by atoms with Gasteiger partial charge in [-0.15, -0.1) is 0 Å². The molecule has 3 rings (SSSR count). The molecule has 1 aliphatic rings. The first-order valence-electron chi connectivity index (χ1n) is 10.2. The number of hydrogen-bond donors (Lipinski definition) is 3. The summed E-state index contributed by atoms with van der Waals surface area (Å²) >= 11 is 10.3. The molecule has 3 N–H and O–H groups in total. The van der Waals surface area contributed by atoms with Gasteiger partial charge in [-0.25, -0.2) is 0 Å². The highest BCUT2D eigenvalue weighted by Gasteiger charge is 2.41. The monoisotopic (exact) mass is 442 g/mol. The topological polar surface area (TPSA) is 53.5 Å². The van der Waals surface area contributed by atoms with Crippen LogP contribution in [0.4, 0.5) is 0 Å². The van der Waals surface area contributed by atoms with Crippen molar-refractivity contribution in [2.75, 3.05) is 6.54 Å². The number of aliphatic hydroxyl groups is 1. The van der Waals surface area contributed by atoms with Crippen LogP contribution >= 0.6 is 24.4 Å². The van der Waals surface area contributed by atoms with E-state index in [0.717, 1.165) is 24.8 Å². The van der Waals surface area contributed by atoms with Crippen LogP contribution in [0.25, 0.3) is 11.1 Å². The lowest BCUT2D eigenvalue weighted by Crippen LogP contribution is -2.50. The summed E-state index contributed by atoms with van der Waals surface area (Å²) in [5.74, 6) is 0.714. The predicted molar refractivity (Wildman–Crippen MR) is 131 cm³/mol. The molecule has 0 spiro atoms. The lowest BCUT2D eigenvalue weighted by molar-refractivity contribution is 0.0785. The van der Waals surface area contributed by atoms with E-state index in [1.165, 1.54) is 5.56 Å². The number of thiocarbonyl (C=S) groups is 2. The van der Waals surface area contributed by atoms with Crippen LogP contribution in [0.3, 0.4) is 0 Å². The van der Waals surface area contributed by atoms with Gasteiger partial charge in [-0.3, -0.25) is 0 Å². The minimum Gasteiger partial charge on any atom is -0.487 e. The fourth-order valence-electron chi connectivity index (χ4n) is 4.82. The number of hydrogen-bond acceptors (Lipinski definition) is 3. The molecule has 0 aliphatic heterocycles. The second kappa shape index (κ2) is 9.31. The van der Waals surface area contributed by atoms with Gasteiger partial charge in [0.1, 0.15) is 5.75 Å². The van der Waals surface area contributed by atoms with Crippen molar-refractivity contribution in [1.82, 2.24) is 10.6 Å². The quantitative estimate of drug-likeness (QED) is 0.522. The van der Waals surface area contributed by atoms with E-state index in [-0.39, 0.29) is 22.0 Å². The minimum absolute atomic E-state index is 0.00872. The summed E-state index contributed by atoms with van der Waals surface area (Å²) in [7, 11) is 0. The third-order valence-corrected chi connectivity index (χ3v) is 5.95. The summed E-state index contributed by atoms with van der Waals surface area (Å²) in [6, 6.07) is 18.3. The largest absolute Gasteiger partial charge is 0.487 e. The molecule has 2 aromatic rings. The number of nitrogens with one attached hydrogen (secondary N) is 2. The van der Waals surface area contributed by atoms with Crippen LogP contribution in [0, 0.1) is 10.8 Å². The van der Waals surface area contributed by atoms with Gasteiger partial charge in [0.25, 0.3) is 10.3 Å². The van der Waals surface area contributed by atoms with Crippen LogP contribution in [0.2, 0.25) is 0 Å². The summed E-state index contributed by atoms with van der Waals surface area (Å²) < 4.78 is 5.83. The van der Waals surface area contributed by atoms with E-state index in [0.29, 0.717) is 17.5 Å². The van der Waals surface area contributed by atoms with Gasteiger partial charge in [0.15, 0.2) is 0 Å². The third kappa shape index (κ3) is 6.41. The first-order valence-corrected chi connectivity index (χ1v) is 11.1. The third-order valence-electron chi connectivity index (χ3n) is 5.60. The second-order valence-corrected chi connectivity index (χ2v) is 10.1. The van der Waals surface area contributed by atoms with E-state index in [1.54, 1.807) is 0 Å². The van der Waals surface area contributed by atoms with E-state index >= 15 is 0 Å². The first-order chi connectivity index (χ1) is 14.1. The smallest absolute Gasteiger partial charge is 0.262 e. The highest BCUT2D eigenvalue weighted by molar-refractivity contribution is 7.80. The molecule has 2 aromatic carbocycles. The van der Waals surface area contributed by atoms with Crippen molar-refractivity contribution in [2.24, 2.45) is 10.8 Å². The Morgan fingerprint density at radius 2 is 1.63 bits per heavy atom. The number of ether oxygens (including phenoxy) is 1. The van der Waals surface area contributed by atoms with Gasteiger partial charge in [-0.2, -0.15) is 0 Å². The van der Waals surface area contributed by atoms with Crippen LogP contribution in [0.15, 0.2) is 54.6 Å². The number of aliphatic hydroxyl groups excluding tert-OH is 1. The molecule has 30 heavy (non-hydrogen) atoms. The van der Waals surface area contributed by atoms with E-state index in [4.69, 9.17) is 29.2 Å². The molecular weight excluding hydrogens is 412 g/mol. The van der Waals surface area contributed by atoms with E-state index < -0.39 is 0 Å². The Balaban J connectivity index is 1.56. The SMILES string of the molecule is CC1(C)CC(NC(O)=S)CC(C)(CNC(=S)Oc2ccc(-c3ccccc3)cc2)C1. The molecule has 0 aromatic heterocycles. The zero-order valence-corrected chi connectivity index (χ0v) is 19.4. The Kier molecular flexibility index (Phi) is 6.98. The summed E-state index contributed by atoms with van der Waals surface area (Å²) in [4.78, 5) is 0. The normalized spacial score (nSPS) is 22.7. The van der Waals surface area contributed by atoms with E-state index in [2.05, 4.69) is 43.5 Å². The molecule has 0 amide bonds. The van der Waals surface area contributed by atoms with Crippen molar-refractivity contribution in [1.29, 1.82) is 0 Å². The molecule has 1 fully saturated rings. The zero-order valence-electron chi connectivity index (χ0n) is 17.8. The lowest BCUT2D eigenvalue weighted by Gasteiger charge is -2.47. The standard InChI is InChI=1S/C24H30N2O2S2/c1-23(2)13-19(26-21(27)29)14-24(3,15-23)16-25-22(30)28-20-11-9-18(10-12-20)17-7-5-4-6-8-17/h4-12,19H,13-16H2,1-3H3,(H,25,30)(H2,26,27,29). The lowest BCUT2D eigenvalue weighted by atomic mass is 9.62. The second-order valence-electron chi connectivity index (χ2n) is 9.34. The van der Waals surface area contributed by atoms with Gasteiger partial charge in [0.05, 0.1) is 0 Å². The molecule has 0 heterocycles. The van der Waals surface area contributed by atoms with Crippen molar-refractivity contribution in [3.63, 3.8) is 0 Å². The molecular formula is C24H30N2O2S2. The van der Waals surface area contributed by atoms with Crippen molar-refractivity contribution < 1.29 is 9.84 Å². The Morgan fingerprint density at radius 1 is 1.00 bits per heavy atom.